The van der Waals surface area contributed by atoms with E-state index in [4.69, 9.17) is 32.7 Å². The van der Waals surface area contributed by atoms with Gasteiger partial charge in [0.1, 0.15) is 15.9 Å². The fourth-order valence-electron chi connectivity index (χ4n) is 3.32. The number of nitrogens with one attached hydrogen (secondary N) is 1. The Hall–Kier alpha value is -2.00. The molecule has 0 bridgehead atoms. The van der Waals surface area contributed by atoms with Gasteiger partial charge in [0.2, 0.25) is 5.88 Å². The summed E-state index contributed by atoms with van der Waals surface area (Å²) in [6.07, 6.45) is -1.65. The Kier molecular flexibility index (Phi) is 6.76. The first kappa shape index (κ1) is 23.7. The average Bonchev–Trinajstić information content (AvgIpc) is 3.33. The average molecular weight is 480 g/mol. The summed E-state index contributed by atoms with van der Waals surface area (Å²) in [6.45, 7) is 3.53. The van der Waals surface area contributed by atoms with Crippen molar-refractivity contribution in [3.63, 3.8) is 0 Å². The van der Waals surface area contributed by atoms with Crippen LogP contribution in [0.3, 0.4) is 0 Å². The van der Waals surface area contributed by atoms with Crippen LogP contribution >= 0.6 is 23.2 Å². The number of hydrogen-bond acceptors (Lipinski definition) is 5. The molecule has 170 valence electrons. The number of H-pyrrole nitrogens is 1. The molecule has 31 heavy (non-hydrogen) atoms. The highest BCUT2D eigenvalue weighted by Gasteiger charge is 2.62. The fraction of sp³-hybridized carbons (Fsp3) is 0.550. The maximum atomic E-state index is 13.0. The number of rotatable bonds is 9. The molecule has 0 saturated heterocycles. The minimum atomic E-state index is -4.17. The topological polar surface area (TPSA) is 77.1 Å². The Bertz CT molecular complexity index is 943. The van der Waals surface area contributed by atoms with Gasteiger partial charge in [-0.2, -0.15) is 13.2 Å². The van der Waals surface area contributed by atoms with Crippen LogP contribution in [0.2, 0.25) is 10.3 Å². The molecule has 0 unspecified atom stereocenters. The van der Waals surface area contributed by atoms with Crippen LogP contribution in [-0.4, -0.2) is 39.5 Å². The lowest BCUT2D eigenvalue weighted by molar-refractivity contribution is -0.189. The summed E-state index contributed by atoms with van der Waals surface area (Å²) in [5.41, 5.74) is -1.77. The molecule has 0 spiro atoms. The minimum Gasteiger partial charge on any atom is -0.476 e. The van der Waals surface area contributed by atoms with Gasteiger partial charge in [-0.15, -0.1) is 5.10 Å². The third-order valence-corrected chi connectivity index (χ3v) is 5.69. The lowest BCUT2D eigenvalue weighted by Gasteiger charge is -2.25. The van der Waals surface area contributed by atoms with Crippen molar-refractivity contribution in [3.8, 4) is 5.88 Å². The first-order chi connectivity index (χ1) is 14.4. The van der Waals surface area contributed by atoms with Crippen LogP contribution in [0.25, 0.3) is 0 Å². The molecule has 2 aromatic heterocycles. The quantitative estimate of drug-likeness (QED) is 0.279. The molecule has 0 aliphatic heterocycles. The van der Waals surface area contributed by atoms with Crippen molar-refractivity contribution >= 4 is 29.2 Å². The highest BCUT2D eigenvalue weighted by Crippen LogP contribution is 2.60. The molecule has 1 aliphatic rings. The normalized spacial score (nSPS) is 15.6. The number of carbonyl (C=O) groups is 1. The molecular formula is C20H22Cl2F3N3O3. The molecule has 1 aliphatic carbocycles. The molecule has 0 amide bonds. The number of esters is 1. The number of nitrogens with zero attached hydrogens (tertiary/aromatic N) is 2. The molecule has 0 aromatic carbocycles. The predicted octanol–water partition coefficient (Wildman–Crippen LogP) is 5.79. The molecule has 1 fully saturated rings. The summed E-state index contributed by atoms with van der Waals surface area (Å²) < 4.78 is 50.1. The van der Waals surface area contributed by atoms with Crippen molar-refractivity contribution in [2.45, 2.75) is 57.7 Å². The standard InChI is InChI=1S/C20H22Cl2F3N3O3/c1-18(2,31-17(29)13-4-5-14(21)27-15(13)22)10-12-11-26-28-16(12)30-9-3-6-19(7-8-19)20(23,24)25/h4-5,11H,3,6-10H2,1-2H3,(H,26,28). The maximum Gasteiger partial charge on any atom is 0.394 e. The predicted molar refractivity (Wildman–Crippen MR) is 108 cm³/mol. The Morgan fingerprint density at radius 2 is 1.97 bits per heavy atom. The number of ether oxygens (including phenoxy) is 2. The molecule has 0 radical (unpaired) electrons. The van der Waals surface area contributed by atoms with Crippen LogP contribution in [0.15, 0.2) is 18.3 Å². The van der Waals surface area contributed by atoms with Crippen molar-refractivity contribution in [1.29, 1.82) is 0 Å². The van der Waals surface area contributed by atoms with Crippen LogP contribution in [0, 0.1) is 5.41 Å². The zero-order chi connectivity index (χ0) is 22.9. The van der Waals surface area contributed by atoms with Crippen LogP contribution in [0.5, 0.6) is 5.88 Å². The second-order valence-corrected chi connectivity index (χ2v) is 8.99. The van der Waals surface area contributed by atoms with E-state index < -0.39 is 23.2 Å². The fourth-order valence-corrected chi connectivity index (χ4v) is 3.75. The Balaban J connectivity index is 1.54. The van der Waals surface area contributed by atoms with Crippen LogP contribution in [0.1, 0.15) is 55.5 Å². The summed E-state index contributed by atoms with van der Waals surface area (Å²) in [5.74, 6) is -0.390. The molecule has 0 atom stereocenters. The molecule has 1 N–H and O–H groups in total. The molecule has 1 saturated carbocycles. The lowest BCUT2D eigenvalue weighted by Crippen LogP contribution is -2.31. The van der Waals surface area contributed by atoms with Gasteiger partial charge in [0.15, 0.2) is 0 Å². The second-order valence-electron chi connectivity index (χ2n) is 8.24. The van der Waals surface area contributed by atoms with Crippen molar-refractivity contribution in [3.05, 3.63) is 39.8 Å². The van der Waals surface area contributed by atoms with E-state index in [1.54, 1.807) is 20.0 Å². The molecule has 2 aromatic rings. The van der Waals surface area contributed by atoms with Crippen LogP contribution in [0.4, 0.5) is 13.2 Å². The molecule has 6 nitrogen and oxygen atoms in total. The summed E-state index contributed by atoms with van der Waals surface area (Å²) in [5, 5.41) is 6.77. The minimum absolute atomic E-state index is 0.0370. The third kappa shape index (κ3) is 5.83. The van der Waals surface area contributed by atoms with Gasteiger partial charge in [0.25, 0.3) is 0 Å². The highest BCUT2D eigenvalue weighted by molar-refractivity contribution is 6.34. The smallest absolute Gasteiger partial charge is 0.394 e. The number of pyridine rings is 1. The van der Waals surface area contributed by atoms with Crippen molar-refractivity contribution in [2.24, 2.45) is 5.41 Å². The Labute approximate surface area is 187 Å². The van der Waals surface area contributed by atoms with E-state index in [0.29, 0.717) is 5.56 Å². The largest absolute Gasteiger partial charge is 0.476 e. The van der Waals surface area contributed by atoms with Crippen molar-refractivity contribution in [1.82, 2.24) is 15.2 Å². The highest BCUT2D eigenvalue weighted by atomic mass is 35.5. The molecule has 11 heteroatoms. The molecule has 3 rings (SSSR count). The van der Waals surface area contributed by atoms with E-state index in [0.717, 1.165) is 0 Å². The van der Waals surface area contributed by atoms with Crippen LogP contribution < -0.4 is 4.74 Å². The molecular weight excluding hydrogens is 458 g/mol. The van der Waals surface area contributed by atoms with Crippen molar-refractivity contribution < 1.29 is 27.4 Å². The number of carbonyl (C=O) groups excluding carboxylic acids is 1. The monoisotopic (exact) mass is 479 g/mol. The van der Waals surface area contributed by atoms with E-state index in [1.165, 1.54) is 12.1 Å². The lowest BCUT2D eigenvalue weighted by atomic mass is 10.00. The van der Waals surface area contributed by atoms with Crippen LogP contribution in [-0.2, 0) is 11.2 Å². The number of hydrogen-bond donors (Lipinski definition) is 1. The van der Waals surface area contributed by atoms with Gasteiger partial charge in [0, 0.05) is 18.2 Å². The number of aromatic amines is 1. The summed E-state index contributed by atoms with van der Waals surface area (Å²) in [4.78, 5) is 16.3. The van der Waals surface area contributed by atoms with Gasteiger partial charge >= 0.3 is 12.1 Å². The first-order valence-corrected chi connectivity index (χ1v) is 10.5. The zero-order valence-electron chi connectivity index (χ0n) is 17.0. The van der Waals surface area contributed by atoms with Gasteiger partial charge in [-0.25, -0.2) is 9.78 Å². The number of aromatic nitrogens is 3. The van der Waals surface area contributed by atoms with E-state index in [1.807, 2.05) is 0 Å². The number of alkyl halides is 3. The van der Waals surface area contributed by atoms with Gasteiger partial charge in [-0.3, -0.25) is 5.10 Å². The van der Waals surface area contributed by atoms with E-state index in [-0.39, 0.29) is 60.5 Å². The Morgan fingerprint density at radius 1 is 1.26 bits per heavy atom. The van der Waals surface area contributed by atoms with Gasteiger partial charge < -0.3 is 9.47 Å². The van der Waals surface area contributed by atoms with Gasteiger partial charge in [-0.1, -0.05) is 23.2 Å². The second kappa shape index (κ2) is 8.86. The van der Waals surface area contributed by atoms with Gasteiger partial charge in [0.05, 0.1) is 17.6 Å². The zero-order valence-corrected chi connectivity index (χ0v) is 18.5. The van der Waals surface area contributed by atoms with E-state index in [9.17, 15) is 18.0 Å². The SMILES string of the molecule is CC(C)(Cc1c[nH]nc1OCCCC1(C(F)(F)F)CC1)OC(=O)c1ccc(Cl)nc1Cl. The Morgan fingerprint density at radius 3 is 2.58 bits per heavy atom. The van der Waals surface area contributed by atoms with E-state index in [2.05, 4.69) is 15.2 Å². The summed E-state index contributed by atoms with van der Waals surface area (Å²) >= 11 is 11.7. The first-order valence-electron chi connectivity index (χ1n) is 9.70. The van der Waals surface area contributed by atoms with Crippen molar-refractivity contribution in [2.75, 3.05) is 6.61 Å². The molecule has 2 heterocycles. The summed E-state index contributed by atoms with van der Waals surface area (Å²) in [7, 11) is 0. The number of halogens is 5. The van der Waals surface area contributed by atoms with E-state index >= 15 is 0 Å². The summed E-state index contributed by atoms with van der Waals surface area (Å²) in [6, 6.07) is 2.86. The maximum absolute atomic E-state index is 13.0. The third-order valence-electron chi connectivity index (χ3n) is 5.19. The van der Waals surface area contributed by atoms with Gasteiger partial charge in [-0.05, 0) is 51.7 Å².